The van der Waals surface area contributed by atoms with E-state index in [9.17, 15) is 4.79 Å². The number of hydrogen-bond donors (Lipinski definition) is 1. The molecule has 0 aliphatic carbocycles. The van der Waals surface area contributed by atoms with E-state index >= 15 is 0 Å². The molecule has 32 heavy (non-hydrogen) atoms. The number of nitrogens with zero attached hydrogens (tertiary/aromatic N) is 1. The van der Waals surface area contributed by atoms with E-state index in [0.717, 1.165) is 43.1 Å². The number of hydrogen-bond acceptors (Lipinski definition) is 4. The lowest BCUT2D eigenvalue weighted by molar-refractivity contribution is -0.127. The van der Waals surface area contributed by atoms with Crippen molar-refractivity contribution < 1.29 is 14.3 Å². The van der Waals surface area contributed by atoms with Gasteiger partial charge in [-0.15, -0.1) is 0 Å². The lowest BCUT2D eigenvalue weighted by Gasteiger charge is -2.37. The van der Waals surface area contributed by atoms with Gasteiger partial charge in [0.2, 0.25) is 12.7 Å². The van der Waals surface area contributed by atoms with Gasteiger partial charge in [-0.3, -0.25) is 9.69 Å². The van der Waals surface area contributed by atoms with Gasteiger partial charge >= 0.3 is 0 Å². The van der Waals surface area contributed by atoms with E-state index < -0.39 is 0 Å². The van der Waals surface area contributed by atoms with Gasteiger partial charge in [0, 0.05) is 26.2 Å². The lowest BCUT2D eigenvalue weighted by Crippen LogP contribution is -2.45. The van der Waals surface area contributed by atoms with E-state index in [-0.39, 0.29) is 18.6 Å². The minimum Gasteiger partial charge on any atom is -0.454 e. The van der Waals surface area contributed by atoms with Gasteiger partial charge < -0.3 is 14.8 Å². The minimum atomic E-state index is -0.0494. The van der Waals surface area contributed by atoms with Gasteiger partial charge in [-0.1, -0.05) is 66.7 Å². The number of likely N-dealkylation sites (tertiary alicyclic amines) is 1. The Morgan fingerprint density at radius 1 is 0.875 bits per heavy atom. The molecular formula is C27H28N2O3. The quantitative estimate of drug-likeness (QED) is 0.635. The molecule has 5 rings (SSSR count). The maximum absolute atomic E-state index is 13.2. The van der Waals surface area contributed by atoms with Crippen LogP contribution >= 0.6 is 0 Å². The number of fused-ring (bicyclic) bond motifs is 1. The number of carbonyl (C=O) groups excluding carboxylic acids is 1. The van der Waals surface area contributed by atoms with Crippen LogP contribution in [0.5, 0.6) is 11.5 Å². The number of nitrogens with one attached hydrogen (secondary N) is 1. The summed E-state index contributed by atoms with van der Waals surface area (Å²) in [7, 11) is 0. The molecule has 2 atom stereocenters. The summed E-state index contributed by atoms with van der Waals surface area (Å²) in [5, 5.41) is 3.15. The Kier molecular flexibility index (Phi) is 6.08. The monoisotopic (exact) mass is 428 g/mol. The summed E-state index contributed by atoms with van der Waals surface area (Å²) < 4.78 is 10.8. The van der Waals surface area contributed by atoms with E-state index in [4.69, 9.17) is 9.47 Å². The molecule has 2 aliphatic heterocycles. The van der Waals surface area contributed by atoms with Crippen molar-refractivity contribution in [2.45, 2.75) is 25.4 Å². The molecule has 0 saturated carbocycles. The molecule has 2 heterocycles. The molecule has 1 N–H and O–H groups in total. The molecule has 2 aliphatic rings. The Morgan fingerprint density at radius 3 is 2.44 bits per heavy atom. The van der Waals surface area contributed by atoms with Crippen LogP contribution < -0.4 is 14.8 Å². The summed E-state index contributed by atoms with van der Waals surface area (Å²) >= 11 is 0. The fourth-order valence-corrected chi connectivity index (χ4v) is 4.70. The van der Waals surface area contributed by atoms with Crippen LogP contribution in [0.15, 0.2) is 78.9 Å². The number of benzene rings is 3. The molecular weight excluding hydrogens is 400 g/mol. The number of rotatable bonds is 6. The summed E-state index contributed by atoms with van der Waals surface area (Å²) in [6, 6.07) is 26.9. The molecule has 0 bridgehead atoms. The number of piperidine rings is 1. The number of carbonyl (C=O) groups is 1. The Labute approximate surface area is 189 Å². The lowest BCUT2D eigenvalue weighted by atomic mass is 9.84. The van der Waals surface area contributed by atoms with Crippen LogP contribution in [0.3, 0.4) is 0 Å². The first-order valence-corrected chi connectivity index (χ1v) is 11.2. The normalized spacial score (nSPS) is 20.1. The predicted octanol–water partition coefficient (Wildman–Crippen LogP) is 4.34. The third-order valence-electron chi connectivity index (χ3n) is 6.32. The molecule has 0 unspecified atom stereocenters. The highest BCUT2D eigenvalue weighted by Gasteiger charge is 2.32. The fourth-order valence-electron chi connectivity index (χ4n) is 4.70. The predicted molar refractivity (Wildman–Crippen MR) is 123 cm³/mol. The van der Waals surface area contributed by atoms with Gasteiger partial charge in [-0.05, 0) is 41.2 Å². The SMILES string of the molecule is O=C(NCc1ccc2c(c1)OCO2)[C@H]1C[C@H](c2ccccc2)CN(Cc2ccccc2)C1. The molecule has 3 aromatic carbocycles. The summed E-state index contributed by atoms with van der Waals surface area (Å²) in [6.07, 6.45) is 0.863. The largest absolute Gasteiger partial charge is 0.454 e. The smallest absolute Gasteiger partial charge is 0.231 e. The first kappa shape index (κ1) is 20.6. The van der Waals surface area contributed by atoms with Gasteiger partial charge in [-0.2, -0.15) is 0 Å². The Hall–Kier alpha value is -3.31. The molecule has 0 aromatic heterocycles. The van der Waals surface area contributed by atoms with Gasteiger partial charge in [0.15, 0.2) is 11.5 Å². The van der Waals surface area contributed by atoms with Crippen molar-refractivity contribution >= 4 is 5.91 Å². The van der Waals surface area contributed by atoms with E-state index in [0.29, 0.717) is 12.5 Å². The first-order chi connectivity index (χ1) is 15.7. The Bertz CT molecular complexity index is 1060. The molecule has 164 valence electrons. The molecule has 1 amide bonds. The van der Waals surface area contributed by atoms with Crippen molar-refractivity contribution in [3.8, 4) is 11.5 Å². The average molecular weight is 429 g/mol. The van der Waals surface area contributed by atoms with Gasteiger partial charge in [0.05, 0.1) is 5.92 Å². The number of ether oxygens (including phenoxy) is 2. The van der Waals surface area contributed by atoms with E-state index in [1.807, 2.05) is 30.3 Å². The van der Waals surface area contributed by atoms with Crippen LogP contribution in [-0.4, -0.2) is 30.7 Å². The Morgan fingerprint density at radius 2 is 1.62 bits per heavy atom. The summed E-state index contributed by atoms with van der Waals surface area (Å²) in [5.74, 6) is 1.91. The zero-order chi connectivity index (χ0) is 21.8. The summed E-state index contributed by atoms with van der Waals surface area (Å²) in [5.41, 5.74) is 3.60. The maximum atomic E-state index is 13.2. The fraction of sp³-hybridized carbons (Fsp3) is 0.296. The average Bonchev–Trinajstić information content (AvgIpc) is 3.31. The molecule has 5 heteroatoms. The van der Waals surface area contributed by atoms with Crippen LogP contribution in [0.2, 0.25) is 0 Å². The van der Waals surface area contributed by atoms with Crippen molar-refractivity contribution in [3.63, 3.8) is 0 Å². The third-order valence-corrected chi connectivity index (χ3v) is 6.32. The van der Waals surface area contributed by atoms with E-state index in [1.54, 1.807) is 0 Å². The van der Waals surface area contributed by atoms with Crippen LogP contribution in [0.1, 0.15) is 29.0 Å². The van der Waals surface area contributed by atoms with Gasteiger partial charge in [-0.25, -0.2) is 0 Å². The van der Waals surface area contributed by atoms with Crippen LogP contribution in [0, 0.1) is 5.92 Å². The molecule has 3 aromatic rings. The topological polar surface area (TPSA) is 50.8 Å². The molecule has 5 nitrogen and oxygen atoms in total. The first-order valence-electron chi connectivity index (χ1n) is 11.2. The van der Waals surface area contributed by atoms with Gasteiger partial charge in [0.25, 0.3) is 0 Å². The molecule has 1 saturated heterocycles. The highest BCUT2D eigenvalue weighted by atomic mass is 16.7. The van der Waals surface area contributed by atoms with Crippen molar-refractivity contribution in [3.05, 3.63) is 95.6 Å². The van der Waals surface area contributed by atoms with Crippen LogP contribution in [0.25, 0.3) is 0 Å². The third kappa shape index (κ3) is 4.78. The molecule has 0 spiro atoms. The van der Waals surface area contributed by atoms with Crippen molar-refractivity contribution in [2.75, 3.05) is 19.9 Å². The van der Waals surface area contributed by atoms with E-state index in [1.165, 1.54) is 11.1 Å². The molecule has 1 fully saturated rings. The zero-order valence-electron chi connectivity index (χ0n) is 18.1. The highest BCUT2D eigenvalue weighted by Crippen LogP contribution is 2.33. The van der Waals surface area contributed by atoms with Crippen LogP contribution in [0.4, 0.5) is 0 Å². The highest BCUT2D eigenvalue weighted by molar-refractivity contribution is 5.79. The Balaban J connectivity index is 1.27. The van der Waals surface area contributed by atoms with Gasteiger partial charge in [0.1, 0.15) is 0 Å². The zero-order valence-corrected chi connectivity index (χ0v) is 18.1. The second-order valence-corrected chi connectivity index (χ2v) is 8.63. The summed E-state index contributed by atoms with van der Waals surface area (Å²) in [6.45, 7) is 3.33. The van der Waals surface area contributed by atoms with Crippen molar-refractivity contribution in [2.24, 2.45) is 5.92 Å². The van der Waals surface area contributed by atoms with Crippen LogP contribution in [-0.2, 0) is 17.9 Å². The molecule has 0 radical (unpaired) electrons. The van der Waals surface area contributed by atoms with Crippen molar-refractivity contribution in [1.82, 2.24) is 10.2 Å². The second kappa shape index (κ2) is 9.45. The number of amides is 1. The second-order valence-electron chi connectivity index (χ2n) is 8.63. The van der Waals surface area contributed by atoms with Crippen molar-refractivity contribution in [1.29, 1.82) is 0 Å². The maximum Gasteiger partial charge on any atom is 0.231 e. The summed E-state index contributed by atoms with van der Waals surface area (Å²) in [4.78, 5) is 15.6. The minimum absolute atomic E-state index is 0.0494. The standard InChI is InChI=1S/C27H28N2O3/c30-27(28-15-21-11-12-25-26(13-21)32-19-31-25)24-14-23(22-9-5-2-6-10-22)17-29(18-24)16-20-7-3-1-4-8-20/h1-13,23-24H,14-19H2,(H,28,30)/t23-,24-/m0/s1. The van der Waals surface area contributed by atoms with E-state index in [2.05, 4.69) is 58.7 Å².